The molecule has 0 fully saturated rings. The first kappa shape index (κ1) is 23.3. The summed E-state index contributed by atoms with van der Waals surface area (Å²) >= 11 is 0. The first-order chi connectivity index (χ1) is 11.3. The number of carbonyl (C=O) groups excluding carboxylic acids is 2. The van der Waals surface area contributed by atoms with Gasteiger partial charge in [-0.1, -0.05) is 13.0 Å². The largest absolute Gasteiger partial charge is 0.494 e. The van der Waals surface area contributed by atoms with E-state index >= 15 is 0 Å². The fourth-order valence-electron chi connectivity index (χ4n) is 1.53. The van der Waals surface area contributed by atoms with Gasteiger partial charge in [0.25, 0.3) is 0 Å². The molecular weight excluding hydrogens is 296 g/mol. The maximum Gasteiger partial charge on any atom is 0.150 e. The number of unbranched alkanes of at least 4 members (excludes halogenated alkanes) is 3. The molecule has 23 heavy (non-hydrogen) atoms. The molecule has 0 aromatic heterocycles. The number of aldehydes is 2. The summed E-state index contributed by atoms with van der Waals surface area (Å²) in [7, 11) is 2.73. The normalized spacial score (nSPS) is 8.65. The number of allylic oxidation sites excluding steroid dienone is 1. The van der Waals surface area contributed by atoms with Gasteiger partial charge in [0.1, 0.15) is 18.3 Å². The Kier molecular flexibility index (Phi) is 20.3. The molecule has 0 aliphatic heterocycles. The van der Waals surface area contributed by atoms with Crippen LogP contribution in [0.25, 0.3) is 0 Å². The number of aliphatic hydroxyl groups excluding tert-OH is 1. The Labute approximate surface area is 138 Å². The van der Waals surface area contributed by atoms with Gasteiger partial charge in [-0.15, -0.1) is 0 Å². The number of rotatable bonds is 10. The molecule has 0 aliphatic rings. The molecular formula is C18H28O5. The fraction of sp³-hybridized carbons (Fsp3) is 0.444. The van der Waals surface area contributed by atoms with Crippen LogP contribution >= 0.6 is 0 Å². The highest BCUT2D eigenvalue weighted by Gasteiger charge is 1.95. The van der Waals surface area contributed by atoms with E-state index in [0.717, 1.165) is 51.6 Å². The lowest BCUT2D eigenvalue weighted by atomic mass is 10.2. The average Bonchev–Trinajstić information content (AvgIpc) is 2.63. The first-order valence-electron chi connectivity index (χ1n) is 7.46. The summed E-state index contributed by atoms with van der Waals surface area (Å²) in [5, 5.41) is 7.00. The molecule has 0 spiro atoms. The Morgan fingerprint density at radius 3 is 1.96 bits per heavy atom. The molecule has 1 rings (SSSR count). The maximum absolute atomic E-state index is 10.5. The molecule has 0 amide bonds. The van der Waals surface area contributed by atoms with Gasteiger partial charge in [0, 0.05) is 26.4 Å². The smallest absolute Gasteiger partial charge is 0.150 e. The van der Waals surface area contributed by atoms with Gasteiger partial charge < -0.3 is 14.6 Å². The SMILES string of the molecule is C=CC=O.CO.COCCCCCCOc1ccc(C=O)cc1. The van der Waals surface area contributed by atoms with E-state index < -0.39 is 0 Å². The van der Waals surface area contributed by atoms with Gasteiger partial charge in [-0.05, 0) is 49.6 Å². The number of methoxy groups -OCH3 is 1. The lowest BCUT2D eigenvalue weighted by Gasteiger charge is -2.06. The van der Waals surface area contributed by atoms with Crippen LogP contribution in [0.3, 0.4) is 0 Å². The van der Waals surface area contributed by atoms with Crippen LogP contribution in [0.5, 0.6) is 5.75 Å². The van der Waals surface area contributed by atoms with Crippen molar-refractivity contribution in [1.29, 1.82) is 0 Å². The third kappa shape index (κ3) is 16.2. The molecule has 5 nitrogen and oxygen atoms in total. The monoisotopic (exact) mass is 324 g/mol. The van der Waals surface area contributed by atoms with Crippen molar-refractivity contribution < 1.29 is 24.2 Å². The molecule has 130 valence electrons. The zero-order valence-electron chi connectivity index (χ0n) is 14.1. The summed E-state index contributed by atoms with van der Waals surface area (Å²) in [6.45, 7) is 4.68. The van der Waals surface area contributed by atoms with Crippen LogP contribution in [-0.4, -0.2) is 45.1 Å². The Balaban J connectivity index is 0. The zero-order chi connectivity index (χ0) is 17.8. The summed E-state index contributed by atoms with van der Waals surface area (Å²) < 4.78 is 10.5. The summed E-state index contributed by atoms with van der Waals surface area (Å²) in [5.41, 5.74) is 0.678. The van der Waals surface area contributed by atoms with Crippen LogP contribution in [0.1, 0.15) is 36.0 Å². The zero-order valence-corrected chi connectivity index (χ0v) is 14.1. The maximum atomic E-state index is 10.5. The van der Waals surface area contributed by atoms with Crippen LogP contribution in [-0.2, 0) is 9.53 Å². The standard InChI is InChI=1S/C14H20O3.C3H4O.CH4O/c1-16-10-4-2-3-5-11-17-14-8-6-13(12-15)7-9-14;1-2-3-4;1-2/h6-9,12H,2-5,10-11H2,1H3;2-3H,1H2;2H,1H3. The van der Waals surface area contributed by atoms with Crippen molar-refractivity contribution in [1.82, 2.24) is 0 Å². The van der Waals surface area contributed by atoms with Crippen LogP contribution in [0.4, 0.5) is 0 Å². The average molecular weight is 324 g/mol. The topological polar surface area (TPSA) is 72.8 Å². The molecule has 5 heteroatoms. The summed E-state index contributed by atoms with van der Waals surface area (Å²) in [4.78, 5) is 19.5. The lowest BCUT2D eigenvalue weighted by molar-refractivity contribution is -0.104. The van der Waals surface area contributed by atoms with E-state index in [9.17, 15) is 4.79 Å². The third-order valence-electron chi connectivity index (χ3n) is 2.62. The van der Waals surface area contributed by atoms with Gasteiger partial charge in [0.05, 0.1) is 6.61 Å². The van der Waals surface area contributed by atoms with Gasteiger partial charge in [0.15, 0.2) is 0 Å². The molecule has 0 bridgehead atoms. The highest BCUT2D eigenvalue weighted by atomic mass is 16.5. The lowest BCUT2D eigenvalue weighted by Crippen LogP contribution is -1.98. The van der Waals surface area contributed by atoms with E-state index in [0.29, 0.717) is 11.8 Å². The van der Waals surface area contributed by atoms with Crippen molar-refractivity contribution in [3.63, 3.8) is 0 Å². The van der Waals surface area contributed by atoms with Gasteiger partial charge in [-0.3, -0.25) is 9.59 Å². The molecule has 0 radical (unpaired) electrons. The Morgan fingerprint density at radius 1 is 1.00 bits per heavy atom. The molecule has 0 atom stereocenters. The number of hydrogen-bond acceptors (Lipinski definition) is 5. The second-order valence-electron chi connectivity index (χ2n) is 4.31. The number of benzene rings is 1. The molecule has 1 aromatic carbocycles. The second kappa shape index (κ2) is 20.0. The van der Waals surface area contributed by atoms with Crippen molar-refractivity contribution in [2.45, 2.75) is 25.7 Å². The van der Waals surface area contributed by atoms with Crippen molar-refractivity contribution in [2.24, 2.45) is 0 Å². The Bertz CT molecular complexity index is 381. The number of aliphatic hydroxyl groups is 1. The van der Waals surface area contributed by atoms with Crippen molar-refractivity contribution >= 4 is 12.6 Å². The second-order valence-corrected chi connectivity index (χ2v) is 4.31. The quantitative estimate of drug-likeness (QED) is 0.407. The van der Waals surface area contributed by atoms with Gasteiger partial charge in [-0.2, -0.15) is 0 Å². The van der Waals surface area contributed by atoms with Gasteiger partial charge in [-0.25, -0.2) is 0 Å². The van der Waals surface area contributed by atoms with Crippen LogP contribution in [0, 0.1) is 0 Å². The van der Waals surface area contributed by atoms with E-state index in [1.807, 2.05) is 12.1 Å². The van der Waals surface area contributed by atoms with Crippen LogP contribution in [0.2, 0.25) is 0 Å². The molecule has 0 heterocycles. The number of carbonyl (C=O) groups is 2. The van der Waals surface area contributed by atoms with Gasteiger partial charge in [0.2, 0.25) is 0 Å². The highest BCUT2D eigenvalue weighted by molar-refractivity contribution is 5.74. The highest BCUT2D eigenvalue weighted by Crippen LogP contribution is 2.12. The summed E-state index contributed by atoms with van der Waals surface area (Å²) in [5.74, 6) is 0.826. The van der Waals surface area contributed by atoms with E-state index in [1.54, 1.807) is 19.2 Å². The molecule has 1 N–H and O–H groups in total. The van der Waals surface area contributed by atoms with E-state index in [2.05, 4.69) is 6.58 Å². The summed E-state index contributed by atoms with van der Waals surface area (Å²) in [6.07, 6.45) is 7.18. The van der Waals surface area contributed by atoms with E-state index in [-0.39, 0.29) is 0 Å². The van der Waals surface area contributed by atoms with Crippen molar-refractivity contribution in [2.75, 3.05) is 27.4 Å². The Hall–Kier alpha value is -1.98. The Morgan fingerprint density at radius 2 is 1.52 bits per heavy atom. The third-order valence-corrected chi connectivity index (χ3v) is 2.62. The molecule has 0 unspecified atom stereocenters. The predicted octanol–water partition coefficient (Wildman–Crippen LogP) is 3.06. The number of hydrogen-bond donors (Lipinski definition) is 1. The number of ether oxygens (including phenoxy) is 2. The minimum atomic E-state index is 0.639. The minimum absolute atomic E-state index is 0.639. The van der Waals surface area contributed by atoms with Crippen LogP contribution < -0.4 is 4.74 Å². The molecule has 1 aromatic rings. The van der Waals surface area contributed by atoms with Crippen molar-refractivity contribution in [3.05, 3.63) is 42.5 Å². The van der Waals surface area contributed by atoms with E-state index in [4.69, 9.17) is 19.4 Å². The molecule has 0 saturated heterocycles. The molecule has 0 saturated carbocycles. The summed E-state index contributed by atoms with van der Waals surface area (Å²) in [6, 6.07) is 7.19. The fourth-order valence-corrected chi connectivity index (χ4v) is 1.53. The van der Waals surface area contributed by atoms with Crippen LogP contribution in [0.15, 0.2) is 36.9 Å². The van der Waals surface area contributed by atoms with Gasteiger partial charge >= 0.3 is 0 Å². The minimum Gasteiger partial charge on any atom is -0.494 e. The molecule has 0 aliphatic carbocycles. The van der Waals surface area contributed by atoms with Crippen molar-refractivity contribution in [3.8, 4) is 5.75 Å². The predicted molar refractivity (Wildman–Crippen MR) is 92.1 cm³/mol. The van der Waals surface area contributed by atoms with E-state index in [1.165, 1.54) is 12.5 Å². The first-order valence-corrected chi connectivity index (χ1v) is 7.46.